The average molecular weight is 432 g/mol. The molecule has 1 aromatic carbocycles. The summed E-state index contributed by atoms with van der Waals surface area (Å²) in [6.45, 7) is 2.80. The predicted molar refractivity (Wildman–Crippen MR) is 119 cm³/mol. The Morgan fingerprint density at radius 1 is 1.16 bits per heavy atom. The van der Waals surface area contributed by atoms with Gasteiger partial charge in [0.1, 0.15) is 17.4 Å². The van der Waals surface area contributed by atoms with E-state index in [1.165, 1.54) is 4.68 Å². The number of aromatic nitrogens is 5. The maximum atomic E-state index is 13.5. The molecule has 3 aromatic heterocycles. The molecule has 1 amide bonds. The van der Waals surface area contributed by atoms with E-state index in [-0.39, 0.29) is 24.1 Å². The van der Waals surface area contributed by atoms with Crippen LogP contribution in [-0.2, 0) is 16.1 Å². The van der Waals surface area contributed by atoms with Crippen LogP contribution in [0, 0.1) is 6.92 Å². The standard InChI is InChI=1S/C23H24N6O3/c1-16-21-20(23(31)28(25-16)15-19(30)24-14-18-10-7-13-32-18)22(27-11-5-6-12-27)29(26-21)17-8-3-2-4-9-17/h2-6,8-9,11-12,18H,7,10,13-15H2,1H3,(H,24,30)/t18-/m1/s1. The molecule has 9 nitrogen and oxygen atoms in total. The van der Waals surface area contributed by atoms with E-state index in [0.717, 1.165) is 25.1 Å². The molecule has 9 heteroatoms. The third-order valence-electron chi connectivity index (χ3n) is 5.62. The molecular weight excluding hydrogens is 408 g/mol. The SMILES string of the molecule is Cc1nn(CC(=O)NC[C@H]2CCCO2)c(=O)c2c(-n3cccc3)n(-c3ccccc3)nc12. The average Bonchev–Trinajstić information content (AvgIpc) is 3.57. The summed E-state index contributed by atoms with van der Waals surface area (Å²) < 4.78 is 10.3. The molecule has 1 N–H and O–H groups in total. The third kappa shape index (κ3) is 3.71. The van der Waals surface area contributed by atoms with Crippen molar-refractivity contribution >= 4 is 16.8 Å². The van der Waals surface area contributed by atoms with Gasteiger partial charge < -0.3 is 14.6 Å². The first-order valence-electron chi connectivity index (χ1n) is 10.7. The summed E-state index contributed by atoms with van der Waals surface area (Å²) in [4.78, 5) is 26.0. The Bertz CT molecular complexity index is 1300. The first-order chi connectivity index (χ1) is 15.6. The number of rotatable bonds is 6. The van der Waals surface area contributed by atoms with Gasteiger partial charge in [0, 0.05) is 25.5 Å². The Kier molecular flexibility index (Phi) is 5.32. The topological polar surface area (TPSA) is 96.0 Å². The highest BCUT2D eigenvalue weighted by Crippen LogP contribution is 2.24. The van der Waals surface area contributed by atoms with Crippen molar-refractivity contribution in [3.8, 4) is 11.5 Å². The van der Waals surface area contributed by atoms with Gasteiger partial charge in [-0.2, -0.15) is 10.2 Å². The molecule has 0 aliphatic carbocycles. The lowest BCUT2D eigenvalue weighted by Crippen LogP contribution is -2.37. The normalized spacial score (nSPS) is 16.0. The van der Waals surface area contributed by atoms with Crippen LogP contribution in [-0.4, -0.2) is 49.3 Å². The second-order valence-corrected chi connectivity index (χ2v) is 7.87. The molecule has 4 heterocycles. The molecule has 1 aliphatic rings. The molecule has 5 rings (SSSR count). The number of nitrogens with zero attached hydrogens (tertiary/aromatic N) is 5. The first-order valence-corrected chi connectivity index (χ1v) is 10.7. The lowest BCUT2D eigenvalue weighted by molar-refractivity contribution is -0.122. The van der Waals surface area contributed by atoms with E-state index >= 15 is 0 Å². The van der Waals surface area contributed by atoms with Crippen molar-refractivity contribution in [1.29, 1.82) is 0 Å². The summed E-state index contributed by atoms with van der Waals surface area (Å²) in [7, 11) is 0. The van der Waals surface area contributed by atoms with Crippen LogP contribution >= 0.6 is 0 Å². The van der Waals surface area contributed by atoms with Gasteiger partial charge in [-0.3, -0.25) is 9.59 Å². The van der Waals surface area contributed by atoms with Gasteiger partial charge >= 0.3 is 0 Å². The zero-order chi connectivity index (χ0) is 22.1. The van der Waals surface area contributed by atoms with Gasteiger partial charge in [0.25, 0.3) is 5.56 Å². The molecule has 1 atom stereocenters. The molecule has 0 bridgehead atoms. The number of hydrogen-bond donors (Lipinski definition) is 1. The van der Waals surface area contributed by atoms with Gasteiger partial charge in [-0.25, -0.2) is 9.36 Å². The summed E-state index contributed by atoms with van der Waals surface area (Å²) in [6, 6.07) is 13.4. The Labute approximate surface area is 184 Å². The van der Waals surface area contributed by atoms with E-state index in [2.05, 4.69) is 10.4 Å². The molecule has 4 aromatic rings. The van der Waals surface area contributed by atoms with Crippen molar-refractivity contribution in [2.24, 2.45) is 0 Å². The number of para-hydroxylation sites is 1. The van der Waals surface area contributed by atoms with Crippen LogP contribution in [0.15, 0.2) is 59.7 Å². The molecule has 1 saturated heterocycles. The maximum Gasteiger partial charge on any atom is 0.280 e. The van der Waals surface area contributed by atoms with E-state index in [9.17, 15) is 9.59 Å². The number of benzene rings is 1. The molecular formula is C23H24N6O3. The van der Waals surface area contributed by atoms with Crippen LogP contribution in [0.5, 0.6) is 0 Å². The van der Waals surface area contributed by atoms with Crippen molar-refractivity contribution in [3.63, 3.8) is 0 Å². The minimum atomic E-state index is -0.358. The minimum absolute atomic E-state index is 0.0392. The lowest BCUT2D eigenvalue weighted by Gasteiger charge is -2.12. The smallest absolute Gasteiger partial charge is 0.280 e. The molecule has 1 fully saturated rings. The summed E-state index contributed by atoms with van der Waals surface area (Å²) in [6.07, 6.45) is 5.71. The monoisotopic (exact) mass is 432 g/mol. The van der Waals surface area contributed by atoms with E-state index in [1.807, 2.05) is 59.4 Å². The van der Waals surface area contributed by atoms with Crippen molar-refractivity contribution in [1.82, 2.24) is 29.4 Å². The molecule has 0 unspecified atom stereocenters. The molecule has 0 radical (unpaired) electrons. The van der Waals surface area contributed by atoms with Crippen LogP contribution in [0.3, 0.4) is 0 Å². The fourth-order valence-electron chi connectivity index (χ4n) is 4.06. The second-order valence-electron chi connectivity index (χ2n) is 7.87. The maximum absolute atomic E-state index is 13.5. The van der Waals surface area contributed by atoms with Crippen LogP contribution in [0.1, 0.15) is 18.5 Å². The molecule has 164 valence electrons. The predicted octanol–water partition coefficient (Wildman–Crippen LogP) is 1.98. The van der Waals surface area contributed by atoms with Gasteiger partial charge in [-0.1, -0.05) is 18.2 Å². The summed E-state index contributed by atoms with van der Waals surface area (Å²) in [5, 5.41) is 12.4. The van der Waals surface area contributed by atoms with Crippen LogP contribution < -0.4 is 10.9 Å². The van der Waals surface area contributed by atoms with Crippen molar-refractivity contribution in [3.05, 3.63) is 70.9 Å². The van der Waals surface area contributed by atoms with Gasteiger partial charge in [-0.05, 0) is 44.0 Å². The van der Waals surface area contributed by atoms with E-state index in [0.29, 0.717) is 29.0 Å². The zero-order valence-electron chi connectivity index (χ0n) is 17.8. The van der Waals surface area contributed by atoms with Gasteiger partial charge in [-0.15, -0.1) is 0 Å². The molecule has 1 aliphatic heterocycles. The third-order valence-corrected chi connectivity index (χ3v) is 5.62. The second kappa shape index (κ2) is 8.43. The zero-order valence-corrected chi connectivity index (χ0v) is 17.8. The highest BCUT2D eigenvalue weighted by molar-refractivity contribution is 5.88. The number of ether oxygens (including phenoxy) is 1. The van der Waals surface area contributed by atoms with Crippen molar-refractivity contribution in [2.75, 3.05) is 13.2 Å². The minimum Gasteiger partial charge on any atom is -0.376 e. The number of carbonyl (C=O) groups excluding carboxylic acids is 1. The van der Waals surface area contributed by atoms with Crippen molar-refractivity contribution < 1.29 is 9.53 Å². The van der Waals surface area contributed by atoms with E-state index in [4.69, 9.17) is 9.84 Å². The Morgan fingerprint density at radius 3 is 2.66 bits per heavy atom. The Balaban J connectivity index is 1.57. The van der Waals surface area contributed by atoms with Crippen LogP contribution in [0.25, 0.3) is 22.4 Å². The summed E-state index contributed by atoms with van der Waals surface area (Å²) >= 11 is 0. The summed E-state index contributed by atoms with van der Waals surface area (Å²) in [5.41, 5.74) is 1.56. The highest BCUT2D eigenvalue weighted by Gasteiger charge is 2.22. The number of nitrogens with one attached hydrogen (secondary N) is 1. The molecule has 0 spiro atoms. The fraction of sp³-hybridized carbons (Fsp3) is 0.304. The van der Waals surface area contributed by atoms with Crippen molar-refractivity contribution in [2.45, 2.75) is 32.4 Å². The number of hydrogen-bond acceptors (Lipinski definition) is 5. The summed E-state index contributed by atoms with van der Waals surface area (Å²) in [5.74, 6) is 0.340. The number of amides is 1. The van der Waals surface area contributed by atoms with E-state index in [1.54, 1.807) is 11.6 Å². The Hall–Kier alpha value is -3.72. The molecule has 32 heavy (non-hydrogen) atoms. The van der Waals surface area contributed by atoms with E-state index < -0.39 is 0 Å². The van der Waals surface area contributed by atoms with Gasteiger partial charge in [0.15, 0.2) is 5.82 Å². The number of fused-ring (bicyclic) bond motifs is 1. The van der Waals surface area contributed by atoms with Crippen LogP contribution in [0.2, 0.25) is 0 Å². The highest BCUT2D eigenvalue weighted by atomic mass is 16.5. The number of carbonyl (C=O) groups is 1. The van der Waals surface area contributed by atoms with Gasteiger partial charge in [0.05, 0.1) is 17.5 Å². The quantitative estimate of drug-likeness (QED) is 0.503. The fourth-order valence-corrected chi connectivity index (χ4v) is 4.06. The Morgan fingerprint density at radius 2 is 1.94 bits per heavy atom. The number of aryl methyl sites for hydroxylation is 1. The lowest BCUT2D eigenvalue weighted by atomic mass is 10.2. The molecule has 0 saturated carbocycles. The first kappa shape index (κ1) is 20.2. The largest absolute Gasteiger partial charge is 0.376 e. The van der Waals surface area contributed by atoms with Crippen LogP contribution in [0.4, 0.5) is 0 Å². The van der Waals surface area contributed by atoms with Gasteiger partial charge in [0.2, 0.25) is 5.91 Å².